The fraction of sp³-hybridized carbons (Fsp3) is 0.217. The van der Waals surface area contributed by atoms with Crippen molar-refractivity contribution < 1.29 is 13.9 Å². The molecule has 140 valence electrons. The molecule has 0 amide bonds. The second-order valence-corrected chi connectivity index (χ2v) is 6.28. The van der Waals surface area contributed by atoms with Crippen molar-refractivity contribution in [3.63, 3.8) is 0 Å². The highest BCUT2D eigenvalue weighted by Gasteiger charge is 2.10. The van der Waals surface area contributed by atoms with Gasteiger partial charge in [-0.1, -0.05) is 54.6 Å². The van der Waals surface area contributed by atoms with Crippen molar-refractivity contribution in [2.24, 2.45) is 0 Å². The molecule has 0 spiro atoms. The topological polar surface area (TPSA) is 30.5 Å². The van der Waals surface area contributed by atoms with Gasteiger partial charge in [-0.2, -0.15) is 0 Å². The van der Waals surface area contributed by atoms with Gasteiger partial charge in [-0.3, -0.25) is 0 Å². The van der Waals surface area contributed by atoms with Crippen LogP contribution in [-0.4, -0.2) is 13.7 Å². The molecule has 0 radical (unpaired) electrons. The molecule has 0 aliphatic rings. The van der Waals surface area contributed by atoms with Gasteiger partial charge < -0.3 is 14.8 Å². The lowest BCUT2D eigenvalue weighted by atomic mass is 10.1. The Labute approximate surface area is 159 Å². The summed E-state index contributed by atoms with van der Waals surface area (Å²) < 4.78 is 24.5. The Balaban J connectivity index is 1.59. The number of hydrogen-bond donors (Lipinski definition) is 1. The molecule has 3 aromatic rings. The van der Waals surface area contributed by atoms with Gasteiger partial charge in [-0.25, -0.2) is 4.39 Å². The average Bonchev–Trinajstić information content (AvgIpc) is 2.72. The largest absolute Gasteiger partial charge is 0.493 e. The number of hydrogen-bond acceptors (Lipinski definition) is 3. The predicted octanol–water partition coefficient (Wildman–Crippen LogP) is 4.75. The van der Waals surface area contributed by atoms with E-state index < -0.39 is 0 Å². The number of nitrogens with one attached hydrogen (secondary N) is 1. The summed E-state index contributed by atoms with van der Waals surface area (Å²) in [6, 6.07) is 22.6. The van der Waals surface area contributed by atoms with Gasteiger partial charge in [-0.15, -0.1) is 0 Å². The number of halogens is 1. The van der Waals surface area contributed by atoms with Crippen LogP contribution in [0.15, 0.2) is 72.8 Å². The summed E-state index contributed by atoms with van der Waals surface area (Å²) in [7, 11) is 1.65. The van der Waals surface area contributed by atoms with Crippen LogP contribution in [0.1, 0.15) is 16.7 Å². The van der Waals surface area contributed by atoms with Crippen molar-refractivity contribution >= 4 is 0 Å². The average molecular weight is 365 g/mol. The smallest absolute Gasteiger partial charge is 0.166 e. The van der Waals surface area contributed by atoms with E-state index in [2.05, 4.69) is 5.32 Å². The van der Waals surface area contributed by atoms with Crippen molar-refractivity contribution in [2.45, 2.75) is 19.6 Å². The first-order valence-corrected chi connectivity index (χ1v) is 9.04. The molecular formula is C23H24FNO2. The number of methoxy groups -OCH3 is 1. The van der Waals surface area contributed by atoms with Gasteiger partial charge in [0.15, 0.2) is 11.5 Å². The molecule has 1 N–H and O–H groups in total. The molecule has 3 aromatic carbocycles. The highest BCUT2D eigenvalue weighted by molar-refractivity contribution is 5.46. The van der Waals surface area contributed by atoms with E-state index in [1.807, 2.05) is 60.7 Å². The summed E-state index contributed by atoms with van der Waals surface area (Å²) in [5, 5.41) is 3.43. The molecule has 0 aliphatic carbocycles. The lowest BCUT2D eigenvalue weighted by Gasteiger charge is -2.16. The van der Waals surface area contributed by atoms with Crippen LogP contribution in [0.5, 0.6) is 11.5 Å². The van der Waals surface area contributed by atoms with Crippen molar-refractivity contribution in [3.8, 4) is 11.5 Å². The second-order valence-electron chi connectivity index (χ2n) is 6.28. The van der Waals surface area contributed by atoms with Gasteiger partial charge in [0.05, 0.1) is 7.11 Å². The van der Waals surface area contributed by atoms with Crippen LogP contribution < -0.4 is 14.8 Å². The number of ether oxygens (including phenoxy) is 2. The lowest BCUT2D eigenvalue weighted by Crippen LogP contribution is -2.17. The highest BCUT2D eigenvalue weighted by atomic mass is 19.1. The molecule has 0 atom stereocenters. The molecular weight excluding hydrogens is 341 g/mol. The van der Waals surface area contributed by atoms with E-state index >= 15 is 0 Å². The Morgan fingerprint density at radius 2 is 1.63 bits per heavy atom. The minimum absolute atomic E-state index is 0.205. The molecule has 27 heavy (non-hydrogen) atoms. The minimum atomic E-state index is -0.205. The second kappa shape index (κ2) is 9.74. The molecule has 0 bridgehead atoms. The quantitative estimate of drug-likeness (QED) is 0.555. The third kappa shape index (κ3) is 5.56. The number of rotatable bonds is 9. The summed E-state index contributed by atoms with van der Waals surface area (Å²) in [6.45, 7) is 1.95. The van der Waals surface area contributed by atoms with Crippen LogP contribution in [0, 0.1) is 5.82 Å². The van der Waals surface area contributed by atoms with Crippen molar-refractivity contribution in [2.75, 3.05) is 13.7 Å². The normalized spacial score (nSPS) is 10.6. The molecule has 0 heterocycles. The van der Waals surface area contributed by atoms with E-state index in [0.717, 1.165) is 41.2 Å². The maximum atomic E-state index is 13.0. The van der Waals surface area contributed by atoms with E-state index in [0.29, 0.717) is 13.2 Å². The van der Waals surface area contributed by atoms with E-state index in [4.69, 9.17) is 9.47 Å². The van der Waals surface area contributed by atoms with Gasteiger partial charge in [0.1, 0.15) is 12.4 Å². The van der Waals surface area contributed by atoms with E-state index in [1.165, 1.54) is 12.1 Å². The summed E-state index contributed by atoms with van der Waals surface area (Å²) in [5.41, 5.74) is 3.26. The summed E-state index contributed by atoms with van der Waals surface area (Å²) in [6.07, 6.45) is 0.838. The SMILES string of the molecule is COc1cccc(CNCCc2ccc(F)cc2)c1OCc1ccccc1. The Morgan fingerprint density at radius 1 is 0.852 bits per heavy atom. The summed E-state index contributed by atoms with van der Waals surface area (Å²) in [5.74, 6) is 1.28. The highest BCUT2D eigenvalue weighted by Crippen LogP contribution is 2.31. The molecule has 0 aliphatic heterocycles. The van der Waals surface area contributed by atoms with Gasteiger partial charge >= 0.3 is 0 Å². The Hall–Kier alpha value is -2.85. The van der Waals surface area contributed by atoms with Gasteiger partial charge in [-0.05, 0) is 42.3 Å². The van der Waals surface area contributed by atoms with Crippen LogP contribution >= 0.6 is 0 Å². The van der Waals surface area contributed by atoms with Crippen molar-refractivity contribution in [1.82, 2.24) is 5.32 Å². The first-order chi connectivity index (χ1) is 13.3. The Kier molecular flexibility index (Phi) is 6.83. The van der Waals surface area contributed by atoms with Crippen LogP contribution in [0.25, 0.3) is 0 Å². The standard InChI is InChI=1S/C23H24FNO2/c1-26-22-9-5-8-20(23(22)27-17-19-6-3-2-4-7-19)16-25-15-14-18-10-12-21(24)13-11-18/h2-13,25H,14-17H2,1H3. The zero-order chi connectivity index (χ0) is 18.9. The zero-order valence-electron chi connectivity index (χ0n) is 15.5. The minimum Gasteiger partial charge on any atom is -0.493 e. The van der Waals surface area contributed by atoms with Gasteiger partial charge in [0, 0.05) is 12.1 Å². The van der Waals surface area contributed by atoms with Crippen LogP contribution in [0.2, 0.25) is 0 Å². The van der Waals surface area contributed by atoms with E-state index in [-0.39, 0.29) is 5.82 Å². The molecule has 4 heteroatoms. The van der Waals surface area contributed by atoms with Crippen molar-refractivity contribution in [3.05, 3.63) is 95.3 Å². The zero-order valence-corrected chi connectivity index (χ0v) is 15.5. The molecule has 3 rings (SSSR count). The maximum Gasteiger partial charge on any atom is 0.166 e. The molecule has 0 fully saturated rings. The first-order valence-electron chi connectivity index (χ1n) is 9.04. The van der Waals surface area contributed by atoms with Gasteiger partial charge in [0.2, 0.25) is 0 Å². The summed E-state index contributed by atoms with van der Waals surface area (Å²) >= 11 is 0. The molecule has 0 saturated carbocycles. The maximum absolute atomic E-state index is 13.0. The molecule has 0 aromatic heterocycles. The Morgan fingerprint density at radius 3 is 2.37 bits per heavy atom. The van der Waals surface area contributed by atoms with E-state index in [1.54, 1.807) is 7.11 Å². The fourth-order valence-electron chi connectivity index (χ4n) is 2.86. The monoisotopic (exact) mass is 365 g/mol. The number of benzene rings is 3. The summed E-state index contributed by atoms with van der Waals surface area (Å²) in [4.78, 5) is 0. The molecule has 3 nitrogen and oxygen atoms in total. The van der Waals surface area contributed by atoms with Crippen LogP contribution in [0.3, 0.4) is 0 Å². The molecule has 0 unspecified atom stereocenters. The van der Waals surface area contributed by atoms with Gasteiger partial charge in [0.25, 0.3) is 0 Å². The lowest BCUT2D eigenvalue weighted by molar-refractivity contribution is 0.280. The Bertz CT molecular complexity index is 835. The third-order valence-electron chi connectivity index (χ3n) is 4.33. The molecule has 0 saturated heterocycles. The number of para-hydroxylation sites is 1. The van der Waals surface area contributed by atoms with Crippen LogP contribution in [0.4, 0.5) is 4.39 Å². The van der Waals surface area contributed by atoms with E-state index in [9.17, 15) is 4.39 Å². The third-order valence-corrected chi connectivity index (χ3v) is 4.33. The first kappa shape index (κ1) is 18.9. The van der Waals surface area contributed by atoms with Crippen molar-refractivity contribution in [1.29, 1.82) is 0 Å². The predicted molar refractivity (Wildman–Crippen MR) is 106 cm³/mol. The van der Waals surface area contributed by atoms with Crippen LogP contribution in [-0.2, 0) is 19.6 Å². The fourth-order valence-corrected chi connectivity index (χ4v) is 2.86.